The van der Waals surface area contributed by atoms with Crippen LogP contribution in [0.15, 0.2) is 0 Å². The Bertz CT molecular complexity index is 1490. The molecule has 4 aliphatic carbocycles. The maximum Gasteiger partial charge on any atom is 0.315 e. The van der Waals surface area contributed by atoms with Gasteiger partial charge in [-0.15, -0.1) is 0 Å². The zero-order chi connectivity index (χ0) is 36.5. The van der Waals surface area contributed by atoms with E-state index in [1.54, 1.807) is 25.7 Å². The topological polar surface area (TPSA) is 171 Å². The maximum absolute atomic E-state index is 14.5. The highest BCUT2D eigenvalue weighted by Gasteiger charge is 2.71. The Labute approximate surface area is 292 Å². The van der Waals surface area contributed by atoms with E-state index in [-0.39, 0.29) is 35.0 Å². The van der Waals surface area contributed by atoms with Crippen LogP contribution in [0.1, 0.15) is 120 Å². The molecular weight excluding hydrogens is 646 g/mol. The van der Waals surface area contributed by atoms with Gasteiger partial charge in [0.05, 0.1) is 16.0 Å². The van der Waals surface area contributed by atoms with Gasteiger partial charge in [-0.1, -0.05) is 67.2 Å². The van der Waals surface area contributed by atoms with E-state index in [0.29, 0.717) is 32.2 Å². The summed E-state index contributed by atoms with van der Waals surface area (Å²) >= 11 is 0. The first-order chi connectivity index (χ1) is 22.5. The van der Waals surface area contributed by atoms with Crippen molar-refractivity contribution in [3.8, 4) is 0 Å². The molecule has 1 unspecified atom stereocenters. The van der Waals surface area contributed by atoms with E-state index in [1.165, 1.54) is 0 Å². The number of likely N-dealkylation sites (tertiary alicyclic amines) is 1. The molecule has 4 saturated carbocycles. The lowest BCUT2D eigenvalue weighted by Crippen LogP contribution is -2.64. The first kappa shape index (κ1) is 37.6. The molecule has 0 radical (unpaired) electrons. The van der Waals surface area contributed by atoms with E-state index < -0.39 is 72.7 Å². The molecule has 1 aliphatic heterocycles. The summed E-state index contributed by atoms with van der Waals surface area (Å²) in [6, 6.07) is -2.49. The second-order valence-corrected chi connectivity index (χ2v) is 21.1. The minimum absolute atomic E-state index is 0.00825. The van der Waals surface area contributed by atoms with E-state index in [0.717, 1.165) is 32.1 Å². The fourth-order valence-electron chi connectivity index (χ4n) is 8.44. The molecule has 0 bridgehead atoms. The van der Waals surface area contributed by atoms with Gasteiger partial charge in [-0.25, -0.2) is 13.2 Å². The fraction of sp³-hybridized carbons (Fsp3) is 0.861. The van der Waals surface area contributed by atoms with Crippen LogP contribution in [0.5, 0.6) is 0 Å². The number of nitrogens with zero attached hydrogens (tertiary/aromatic N) is 1. The summed E-state index contributed by atoms with van der Waals surface area (Å²) in [6.07, 6.45) is 6.25. The van der Waals surface area contributed by atoms with E-state index in [9.17, 15) is 32.4 Å². The summed E-state index contributed by atoms with van der Waals surface area (Å²) in [6.45, 7) is 16.9. The molecule has 0 aromatic rings. The second kappa shape index (κ2) is 12.5. The highest BCUT2D eigenvalue weighted by molar-refractivity contribution is 7.92. The second-order valence-electron chi connectivity index (χ2n) is 18.3. The van der Waals surface area contributed by atoms with Crippen molar-refractivity contribution in [2.75, 3.05) is 12.3 Å². The highest BCUT2D eigenvalue weighted by Crippen LogP contribution is 2.65. The Morgan fingerprint density at radius 1 is 0.918 bits per heavy atom. The van der Waals surface area contributed by atoms with Crippen LogP contribution in [0.4, 0.5) is 4.79 Å². The van der Waals surface area contributed by atoms with Crippen LogP contribution in [-0.4, -0.2) is 89.1 Å². The van der Waals surface area contributed by atoms with Crippen LogP contribution >= 0.6 is 0 Å². The molecule has 1 heterocycles. The van der Waals surface area contributed by atoms with E-state index in [1.807, 2.05) is 27.7 Å². The van der Waals surface area contributed by atoms with Crippen molar-refractivity contribution in [2.24, 2.45) is 28.6 Å². The summed E-state index contributed by atoms with van der Waals surface area (Å²) < 4.78 is 25.6. The standard InChI is InChI=1S/C36H59N5O7S/c1-10-21-18-36(21,27(42)29(44)37-22-14-15-22)39-28(43)25-24-23(34(24,8)9)19-41(25)30(45)26(32(2,3)4)38-31(46)40-35(16-12-11-13-17-35)20-49(47,48)33(5,6)7/h21-26H,10-20H2,1-9H3,(H,37,44)(H,39,43)(H2,38,40,46)/t21?,23-,24-,25-,26+,36-/m0/s1. The molecule has 12 nitrogen and oxygen atoms in total. The molecule has 5 fully saturated rings. The first-order valence-corrected chi connectivity index (χ1v) is 19.9. The molecule has 276 valence electrons. The van der Waals surface area contributed by atoms with Gasteiger partial charge in [0, 0.05) is 12.6 Å². The number of hydrogen-bond acceptors (Lipinski definition) is 7. The van der Waals surface area contributed by atoms with Crippen molar-refractivity contribution in [1.82, 2.24) is 26.2 Å². The third-order valence-corrected chi connectivity index (χ3v) is 15.0. The highest BCUT2D eigenvalue weighted by atomic mass is 32.2. The predicted molar refractivity (Wildman–Crippen MR) is 186 cm³/mol. The third-order valence-electron chi connectivity index (χ3n) is 12.2. The molecule has 5 amide bonds. The van der Waals surface area contributed by atoms with Gasteiger partial charge in [0.1, 0.15) is 17.6 Å². The van der Waals surface area contributed by atoms with Gasteiger partial charge in [-0.2, -0.15) is 0 Å². The van der Waals surface area contributed by atoms with Crippen molar-refractivity contribution < 1.29 is 32.4 Å². The SMILES string of the molecule is CCC1C[C@@]1(NC(=O)[C@@H]1[C@@H]2[C@H](CN1C(=O)[C@@H](NC(=O)NC1(CS(=O)(=O)C(C)(C)C)CCCCC1)C(C)(C)C)C2(C)C)C(=O)C(=O)NC1CC1. The van der Waals surface area contributed by atoms with Crippen molar-refractivity contribution in [3.05, 3.63) is 0 Å². The van der Waals surface area contributed by atoms with Crippen LogP contribution in [-0.2, 0) is 29.0 Å². The maximum atomic E-state index is 14.5. The zero-order valence-electron chi connectivity index (χ0n) is 31.0. The van der Waals surface area contributed by atoms with Crippen LogP contribution in [0.25, 0.3) is 0 Å². The molecule has 5 rings (SSSR count). The number of ketones is 1. The van der Waals surface area contributed by atoms with E-state index in [4.69, 9.17) is 0 Å². The van der Waals surface area contributed by atoms with Gasteiger partial charge < -0.3 is 26.2 Å². The summed E-state index contributed by atoms with van der Waals surface area (Å²) in [7, 11) is -3.56. The molecule has 6 atom stereocenters. The summed E-state index contributed by atoms with van der Waals surface area (Å²) in [4.78, 5) is 70.3. The van der Waals surface area contributed by atoms with Gasteiger partial charge in [0.2, 0.25) is 17.6 Å². The quantitative estimate of drug-likeness (QED) is 0.239. The Morgan fingerprint density at radius 3 is 2.04 bits per heavy atom. The lowest BCUT2D eigenvalue weighted by atomic mass is 9.83. The average molecular weight is 706 g/mol. The fourth-order valence-corrected chi connectivity index (χ4v) is 9.96. The molecule has 5 aliphatic rings. The number of rotatable bonds is 11. The minimum atomic E-state index is -3.56. The van der Waals surface area contributed by atoms with Crippen LogP contribution in [0.2, 0.25) is 0 Å². The molecule has 13 heteroatoms. The van der Waals surface area contributed by atoms with Crippen molar-refractivity contribution in [1.29, 1.82) is 0 Å². The summed E-state index contributed by atoms with van der Waals surface area (Å²) in [5.41, 5.74) is -3.17. The number of sulfone groups is 1. The number of amides is 5. The smallest absolute Gasteiger partial charge is 0.315 e. The average Bonchev–Trinajstić information content (AvgIpc) is 3.93. The first-order valence-electron chi connectivity index (χ1n) is 18.3. The predicted octanol–water partition coefficient (Wildman–Crippen LogP) is 3.23. The molecule has 0 aromatic heterocycles. The number of hydrogen-bond donors (Lipinski definition) is 4. The molecular formula is C36H59N5O7S. The lowest BCUT2D eigenvalue weighted by molar-refractivity contribution is -0.146. The van der Waals surface area contributed by atoms with Gasteiger partial charge in [-0.05, 0) is 81.5 Å². The number of Topliss-reactive ketones (excluding diaryl/α,β-unsaturated/α-hetero) is 1. The largest absolute Gasteiger partial charge is 0.347 e. The Kier molecular flexibility index (Phi) is 9.59. The zero-order valence-corrected chi connectivity index (χ0v) is 31.8. The third kappa shape index (κ3) is 7.24. The minimum Gasteiger partial charge on any atom is -0.347 e. The number of nitrogens with one attached hydrogen (secondary N) is 4. The molecule has 4 N–H and O–H groups in total. The van der Waals surface area contributed by atoms with E-state index in [2.05, 4.69) is 35.1 Å². The Morgan fingerprint density at radius 2 is 1.53 bits per heavy atom. The van der Waals surface area contributed by atoms with Crippen molar-refractivity contribution in [3.63, 3.8) is 0 Å². The summed E-state index contributed by atoms with van der Waals surface area (Å²) in [5.74, 6) is -2.55. The number of urea groups is 1. The van der Waals surface area contributed by atoms with Crippen LogP contribution < -0.4 is 21.3 Å². The molecule has 1 saturated heterocycles. The Hall–Kier alpha value is -2.70. The number of carbonyl (C=O) groups is 5. The van der Waals surface area contributed by atoms with Crippen LogP contribution in [0, 0.1) is 28.6 Å². The van der Waals surface area contributed by atoms with Gasteiger partial charge in [0.25, 0.3) is 5.91 Å². The van der Waals surface area contributed by atoms with E-state index >= 15 is 0 Å². The lowest BCUT2D eigenvalue weighted by Gasteiger charge is -2.41. The van der Waals surface area contributed by atoms with Crippen molar-refractivity contribution in [2.45, 2.75) is 154 Å². The van der Waals surface area contributed by atoms with Crippen molar-refractivity contribution >= 4 is 39.4 Å². The Balaban J connectivity index is 1.35. The van der Waals surface area contributed by atoms with Gasteiger partial charge >= 0.3 is 6.03 Å². The molecule has 0 aromatic carbocycles. The molecule has 0 spiro atoms. The molecule has 49 heavy (non-hydrogen) atoms. The number of carbonyl (C=O) groups excluding carboxylic acids is 5. The van der Waals surface area contributed by atoms with Gasteiger partial charge in [0.15, 0.2) is 9.84 Å². The number of fused-ring (bicyclic) bond motifs is 1. The van der Waals surface area contributed by atoms with Gasteiger partial charge in [-0.3, -0.25) is 19.2 Å². The monoisotopic (exact) mass is 705 g/mol. The normalized spacial score (nSPS) is 30.8. The number of piperidine rings is 1. The van der Waals surface area contributed by atoms with Crippen LogP contribution in [0.3, 0.4) is 0 Å². The summed E-state index contributed by atoms with van der Waals surface area (Å²) in [5, 5.41) is 11.6.